The number of ether oxygens (including phenoxy) is 3. The van der Waals surface area contributed by atoms with Crippen LogP contribution in [-0.2, 0) is 9.47 Å². The van der Waals surface area contributed by atoms with Gasteiger partial charge in [-0.15, -0.1) is 0 Å². The molecule has 36 heavy (non-hydrogen) atoms. The molecule has 3 aromatic carbocycles. The lowest BCUT2D eigenvalue weighted by molar-refractivity contribution is 0.0122. The average Bonchev–Trinajstić information content (AvgIpc) is 3.24. The maximum atomic E-state index is 12.3. The fourth-order valence-corrected chi connectivity index (χ4v) is 4.55. The molecule has 0 saturated heterocycles. The number of carbonyl (C=O) groups is 2. The van der Waals surface area contributed by atoms with Crippen LogP contribution < -0.4 is 10.1 Å². The Morgan fingerprint density at radius 3 is 2.19 bits per heavy atom. The summed E-state index contributed by atoms with van der Waals surface area (Å²) in [5.74, 6) is -0.304. The minimum Gasteiger partial charge on any atom is -0.496 e. The molecule has 4 rings (SSSR count). The van der Waals surface area contributed by atoms with Gasteiger partial charge in [0.25, 0.3) is 0 Å². The second kappa shape index (κ2) is 11.2. The molecule has 0 aromatic heterocycles. The molecule has 2 atom stereocenters. The van der Waals surface area contributed by atoms with Gasteiger partial charge in [-0.25, -0.2) is 9.59 Å². The van der Waals surface area contributed by atoms with Crippen LogP contribution in [0, 0.1) is 0 Å². The van der Waals surface area contributed by atoms with E-state index < -0.39 is 24.3 Å². The second-order valence-corrected chi connectivity index (χ2v) is 8.50. The number of rotatable bonds is 9. The summed E-state index contributed by atoms with van der Waals surface area (Å²) in [5, 5.41) is 23.8. The molecule has 1 aliphatic carbocycles. The molecule has 1 amide bonds. The van der Waals surface area contributed by atoms with Crippen LogP contribution in [0.3, 0.4) is 0 Å². The van der Waals surface area contributed by atoms with E-state index in [9.17, 15) is 19.8 Å². The summed E-state index contributed by atoms with van der Waals surface area (Å²) < 4.78 is 15.4. The molecular weight excluding hydrogens is 462 g/mol. The van der Waals surface area contributed by atoms with E-state index in [4.69, 9.17) is 14.2 Å². The first kappa shape index (κ1) is 25.2. The van der Waals surface area contributed by atoms with Crippen LogP contribution in [0.1, 0.15) is 45.5 Å². The van der Waals surface area contributed by atoms with E-state index in [-0.39, 0.29) is 36.6 Å². The van der Waals surface area contributed by atoms with E-state index in [2.05, 4.69) is 17.4 Å². The number of nitrogens with one attached hydrogen (secondary N) is 1. The average molecular weight is 492 g/mol. The van der Waals surface area contributed by atoms with Gasteiger partial charge in [0.15, 0.2) is 0 Å². The topological polar surface area (TPSA) is 114 Å². The maximum absolute atomic E-state index is 12.3. The number of carbonyl (C=O) groups excluding carboxylic acids is 2. The van der Waals surface area contributed by atoms with Gasteiger partial charge >= 0.3 is 12.1 Å². The van der Waals surface area contributed by atoms with Crippen LogP contribution in [0.2, 0.25) is 0 Å². The number of hydrogen-bond acceptors (Lipinski definition) is 7. The second-order valence-electron chi connectivity index (χ2n) is 8.50. The van der Waals surface area contributed by atoms with Gasteiger partial charge in [-0.2, -0.15) is 0 Å². The SMILES string of the molecule is COC(=O)c1ccc(OC)c(C(O)C(O)CCNC(=O)OCC2c3ccccc3-c3ccccc32)c1. The third-order valence-corrected chi connectivity index (χ3v) is 6.39. The fraction of sp³-hybridized carbons (Fsp3) is 0.286. The lowest BCUT2D eigenvalue weighted by atomic mass is 9.98. The highest BCUT2D eigenvalue weighted by molar-refractivity contribution is 5.89. The quantitative estimate of drug-likeness (QED) is 0.390. The van der Waals surface area contributed by atoms with Gasteiger partial charge in [-0.3, -0.25) is 0 Å². The van der Waals surface area contributed by atoms with Crippen molar-refractivity contribution in [2.75, 3.05) is 27.4 Å². The zero-order valence-electron chi connectivity index (χ0n) is 20.1. The van der Waals surface area contributed by atoms with Crippen molar-refractivity contribution in [3.05, 3.63) is 89.0 Å². The molecule has 0 saturated carbocycles. The molecule has 0 bridgehead atoms. The summed E-state index contributed by atoms with van der Waals surface area (Å²) in [7, 11) is 2.68. The Morgan fingerprint density at radius 2 is 1.58 bits per heavy atom. The molecule has 3 N–H and O–H groups in total. The van der Waals surface area contributed by atoms with E-state index in [0.29, 0.717) is 5.75 Å². The number of aliphatic hydroxyl groups excluding tert-OH is 2. The predicted octanol–water partition coefficient (Wildman–Crippen LogP) is 3.80. The molecular formula is C28H29NO7. The number of benzene rings is 3. The minimum absolute atomic E-state index is 0.0508. The van der Waals surface area contributed by atoms with Gasteiger partial charge in [0.05, 0.1) is 25.9 Å². The maximum Gasteiger partial charge on any atom is 0.407 e. The Hall–Kier alpha value is -3.88. The zero-order valence-corrected chi connectivity index (χ0v) is 20.1. The van der Waals surface area contributed by atoms with Crippen molar-refractivity contribution in [1.29, 1.82) is 0 Å². The van der Waals surface area contributed by atoms with E-state index >= 15 is 0 Å². The first-order chi connectivity index (χ1) is 17.4. The van der Waals surface area contributed by atoms with Crippen LogP contribution >= 0.6 is 0 Å². The van der Waals surface area contributed by atoms with Crippen molar-refractivity contribution < 1.29 is 34.0 Å². The normalized spacial score (nSPS) is 13.8. The molecule has 3 aromatic rings. The lowest BCUT2D eigenvalue weighted by Gasteiger charge is -2.21. The van der Waals surface area contributed by atoms with E-state index in [1.807, 2.05) is 36.4 Å². The van der Waals surface area contributed by atoms with E-state index in [1.54, 1.807) is 0 Å². The Labute approximate surface area is 209 Å². The number of fused-ring (bicyclic) bond motifs is 3. The fourth-order valence-electron chi connectivity index (χ4n) is 4.55. The lowest BCUT2D eigenvalue weighted by Crippen LogP contribution is -2.30. The van der Waals surface area contributed by atoms with Crippen molar-refractivity contribution in [1.82, 2.24) is 5.32 Å². The van der Waals surface area contributed by atoms with Crippen LogP contribution in [0.15, 0.2) is 66.7 Å². The van der Waals surface area contributed by atoms with Gasteiger partial charge in [-0.1, -0.05) is 48.5 Å². The standard InChI is InChI=1S/C28H29NO7/c1-34-25-12-11-17(27(32)35-2)15-22(25)26(31)24(30)13-14-29-28(33)36-16-23-20-9-5-3-7-18(20)19-8-4-6-10-21(19)23/h3-12,15,23-24,26,30-31H,13-14,16H2,1-2H3,(H,29,33). The van der Waals surface area contributed by atoms with Crippen molar-refractivity contribution in [2.24, 2.45) is 0 Å². The summed E-state index contributed by atoms with van der Waals surface area (Å²) in [5.41, 5.74) is 4.99. The van der Waals surface area contributed by atoms with Gasteiger partial charge in [0, 0.05) is 18.0 Å². The molecule has 0 aliphatic heterocycles. The number of esters is 1. The predicted molar refractivity (Wildman–Crippen MR) is 133 cm³/mol. The van der Waals surface area contributed by atoms with Gasteiger partial charge in [0.1, 0.15) is 18.5 Å². The molecule has 0 spiro atoms. The van der Waals surface area contributed by atoms with Gasteiger partial charge < -0.3 is 29.7 Å². The first-order valence-corrected chi connectivity index (χ1v) is 11.7. The summed E-state index contributed by atoms with van der Waals surface area (Å²) in [6, 6.07) is 20.6. The molecule has 2 unspecified atom stereocenters. The van der Waals surface area contributed by atoms with Gasteiger partial charge in [-0.05, 0) is 46.9 Å². The number of hydrogen-bond donors (Lipinski definition) is 3. The summed E-state index contributed by atoms with van der Waals surface area (Å²) in [6.45, 7) is 0.260. The number of methoxy groups -OCH3 is 2. The highest BCUT2D eigenvalue weighted by Gasteiger charge is 2.29. The van der Waals surface area contributed by atoms with Crippen LogP contribution in [0.4, 0.5) is 4.79 Å². The Balaban J connectivity index is 1.31. The van der Waals surface area contributed by atoms with Crippen LogP contribution in [0.25, 0.3) is 11.1 Å². The number of amides is 1. The van der Waals surface area contributed by atoms with Crippen molar-refractivity contribution in [2.45, 2.75) is 24.5 Å². The molecule has 8 heteroatoms. The minimum atomic E-state index is -1.34. The van der Waals surface area contributed by atoms with Crippen LogP contribution in [-0.4, -0.2) is 55.8 Å². The Morgan fingerprint density at radius 1 is 0.944 bits per heavy atom. The third-order valence-electron chi connectivity index (χ3n) is 6.39. The smallest absolute Gasteiger partial charge is 0.407 e. The molecule has 0 heterocycles. The first-order valence-electron chi connectivity index (χ1n) is 11.7. The van der Waals surface area contributed by atoms with E-state index in [0.717, 1.165) is 22.3 Å². The molecule has 0 radical (unpaired) electrons. The largest absolute Gasteiger partial charge is 0.496 e. The highest BCUT2D eigenvalue weighted by Crippen LogP contribution is 2.44. The summed E-state index contributed by atoms with van der Waals surface area (Å²) >= 11 is 0. The van der Waals surface area contributed by atoms with Crippen molar-refractivity contribution in [3.63, 3.8) is 0 Å². The monoisotopic (exact) mass is 491 g/mol. The van der Waals surface area contributed by atoms with Crippen LogP contribution in [0.5, 0.6) is 5.75 Å². The highest BCUT2D eigenvalue weighted by atomic mass is 16.5. The molecule has 8 nitrogen and oxygen atoms in total. The van der Waals surface area contributed by atoms with E-state index in [1.165, 1.54) is 32.4 Å². The third kappa shape index (κ3) is 5.19. The summed E-state index contributed by atoms with van der Waals surface area (Å²) in [6.07, 6.45) is -3.12. The van der Waals surface area contributed by atoms with Gasteiger partial charge in [0.2, 0.25) is 0 Å². The van der Waals surface area contributed by atoms with Crippen molar-refractivity contribution in [3.8, 4) is 16.9 Å². The Kier molecular flexibility index (Phi) is 7.87. The van der Waals surface area contributed by atoms with Crippen molar-refractivity contribution >= 4 is 12.1 Å². The number of alkyl carbamates (subject to hydrolysis) is 1. The summed E-state index contributed by atoms with van der Waals surface area (Å²) in [4.78, 5) is 24.2. The molecule has 0 fully saturated rings. The number of aliphatic hydroxyl groups is 2. The molecule has 188 valence electrons. The Bertz CT molecular complexity index is 1200. The molecule has 1 aliphatic rings. The zero-order chi connectivity index (χ0) is 25.7.